The Labute approximate surface area is 260 Å². The predicted molar refractivity (Wildman–Crippen MR) is 160 cm³/mol. The SMILES string of the molecule is CC1(c2ccc(NC([C]3[CH][CH][CH][CH]3)c3nnnn3C3CCCCC3)cc2)NC(=O)c2ccccc2N1.[CH]1[CH][CH][CH][CH]1.[Fe+2]. The molecule has 2 atom stereocenters. The van der Waals surface area contributed by atoms with Crippen molar-refractivity contribution in [2.24, 2.45) is 0 Å². The minimum Gasteiger partial charge on any atom is -0.375 e. The quantitative estimate of drug-likeness (QED) is 0.310. The second-order valence-electron chi connectivity index (χ2n) is 10.9. The van der Waals surface area contributed by atoms with Crippen LogP contribution in [0, 0.1) is 63.7 Å². The first-order chi connectivity index (χ1) is 20.1. The molecule has 0 spiro atoms. The van der Waals surface area contributed by atoms with E-state index in [4.69, 9.17) is 0 Å². The number of anilines is 2. The van der Waals surface area contributed by atoms with Crippen molar-refractivity contribution in [3.05, 3.63) is 129 Å². The van der Waals surface area contributed by atoms with Crippen LogP contribution in [-0.2, 0) is 22.7 Å². The molecule has 2 unspecified atom stereocenters. The molecule has 3 saturated carbocycles. The number of aromatic nitrogens is 4. The summed E-state index contributed by atoms with van der Waals surface area (Å²) in [6.45, 7) is 1.98. The third-order valence-electron chi connectivity index (χ3n) is 7.97. The zero-order chi connectivity index (χ0) is 28.1. The van der Waals surface area contributed by atoms with Gasteiger partial charge in [-0.05, 0) is 118 Å². The summed E-state index contributed by atoms with van der Waals surface area (Å²) in [5, 5.41) is 23.2. The summed E-state index contributed by atoms with van der Waals surface area (Å²) in [6.07, 6.45) is 24.2. The van der Waals surface area contributed by atoms with Gasteiger partial charge in [-0.15, -0.1) is 5.10 Å². The smallest absolute Gasteiger partial charge is 0.375 e. The van der Waals surface area contributed by atoms with Crippen LogP contribution in [0.15, 0.2) is 48.5 Å². The third-order valence-corrected chi connectivity index (χ3v) is 7.97. The van der Waals surface area contributed by atoms with Crippen LogP contribution < -0.4 is 16.0 Å². The van der Waals surface area contributed by atoms with E-state index >= 15 is 0 Å². The summed E-state index contributed by atoms with van der Waals surface area (Å²) in [6, 6.07) is 15.9. The Hall–Kier alpha value is -2.90. The molecule has 8 nitrogen and oxygen atoms in total. The maximum absolute atomic E-state index is 12.7. The summed E-state index contributed by atoms with van der Waals surface area (Å²) in [5.41, 5.74) is 2.69. The van der Waals surface area contributed by atoms with Crippen LogP contribution in [-0.4, -0.2) is 26.1 Å². The number of hydrogen-bond donors (Lipinski definition) is 3. The summed E-state index contributed by atoms with van der Waals surface area (Å²) in [7, 11) is 0. The van der Waals surface area contributed by atoms with Gasteiger partial charge in [0.25, 0.3) is 5.91 Å². The zero-order valence-corrected chi connectivity index (χ0v) is 24.7. The van der Waals surface area contributed by atoms with Gasteiger partial charge in [0, 0.05) is 17.3 Å². The van der Waals surface area contributed by atoms with E-state index in [1.54, 1.807) is 0 Å². The minimum atomic E-state index is -0.708. The van der Waals surface area contributed by atoms with Gasteiger partial charge in [0.2, 0.25) is 0 Å². The summed E-state index contributed by atoms with van der Waals surface area (Å²) < 4.78 is 2.03. The number of fused-ring (bicyclic) bond motifs is 1. The van der Waals surface area contributed by atoms with E-state index in [1.807, 2.05) is 105 Å². The molecule has 7 rings (SSSR count). The first-order valence-electron chi connectivity index (χ1n) is 14.3. The molecule has 10 radical (unpaired) electrons. The summed E-state index contributed by atoms with van der Waals surface area (Å²) >= 11 is 0. The average molecular weight is 602 g/mol. The largest absolute Gasteiger partial charge is 2.00 e. The van der Waals surface area contributed by atoms with Gasteiger partial charge in [0.15, 0.2) is 5.82 Å². The predicted octanol–water partition coefficient (Wildman–Crippen LogP) is 5.78. The van der Waals surface area contributed by atoms with E-state index in [2.05, 4.69) is 44.3 Å². The molecule has 1 aromatic heterocycles. The first-order valence-corrected chi connectivity index (χ1v) is 14.3. The second-order valence-corrected chi connectivity index (χ2v) is 10.9. The Morgan fingerprint density at radius 1 is 0.881 bits per heavy atom. The van der Waals surface area contributed by atoms with E-state index in [0.29, 0.717) is 11.6 Å². The second kappa shape index (κ2) is 14.0. The van der Waals surface area contributed by atoms with Gasteiger partial charge in [0.1, 0.15) is 5.66 Å². The Kier molecular flexibility index (Phi) is 10.2. The molecular weight excluding hydrogens is 566 g/mol. The molecule has 3 N–H and O–H groups in total. The molecule has 3 aromatic rings. The molecule has 0 saturated heterocycles. The fourth-order valence-corrected chi connectivity index (χ4v) is 5.77. The number of para-hydroxylation sites is 1. The van der Waals surface area contributed by atoms with Crippen LogP contribution in [0.1, 0.15) is 72.9 Å². The fraction of sp³-hybridized carbons (Fsp3) is 0.273. The molecule has 1 aliphatic heterocycles. The number of tetrazole rings is 1. The number of carbonyl (C=O) groups is 1. The van der Waals surface area contributed by atoms with Crippen LogP contribution in [0.2, 0.25) is 0 Å². The van der Waals surface area contributed by atoms with Crippen molar-refractivity contribution in [1.29, 1.82) is 0 Å². The summed E-state index contributed by atoms with van der Waals surface area (Å²) in [4.78, 5) is 12.7. The Bertz CT molecular complexity index is 1290. The average Bonchev–Trinajstić information content (AvgIpc) is 3.82. The van der Waals surface area contributed by atoms with Gasteiger partial charge in [-0.25, -0.2) is 4.68 Å². The van der Waals surface area contributed by atoms with Crippen molar-refractivity contribution in [1.82, 2.24) is 25.5 Å². The maximum atomic E-state index is 12.7. The molecule has 9 heteroatoms. The van der Waals surface area contributed by atoms with Crippen molar-refractivity contribution in [3.63, 3.8) is 0 Å². The van der Waals surface area contributed by atoms with E-state index < -0.39 is 5.66 Å². The van der Waals surface area contributed by atoms with Gasteiger partial charge in [-0.1, -0.05) is 43.5 Å². The standard InChI is InChI=1S/C28H30N7O.C5H5.Fe/c1-28(30-24-14-8-7-13-23(24)27(36)31-28)20-15-17-21(18-16-20)29-25(19-9-5-6-10-19)26-32-33-34-35(26)22-11-3-2-4-12-22;1-2-4-5-3-1;/h5-10,13-18,22,25,29-30H,2-4,11-12H2,1H3,(H,31,36);1-5H;/q;;+2. The van der Waals surface area contributed by atoms with Gasteiger partial charge >= 0.3 is 17.1 Å². The van der Waals surface area contributed by atoms with E-state index in [-0.39, 0.29) is 29.0 Å². The number of nitrogens with zero attached hydrogens (tertiary/aromatic N) is 4. The topological polar surface area (TPSA) is 96.8 Å². The number of rotatable bonds is 6. The van der Waals surface area contributed by atoms with Gasteiger partial charge in [-0.3, -0.25) is 4.79 Å². The Balaban J connectivity index is 0.000000534. The van der Waals surface area contributed by atoms with Crippen molar-refractivity contribution < 1.29 is 21.9 Å². The first kappa shape index (κ1) is 30.6. The number of hydrogen-bond acceptors (Lipinski definition) is 6. The molecule has 3 fully saturated rings. The Morgan fingerprint density at radius 3 is 2.24 bits per heavy atom. The summed E-state index contributed by atoms with van der Waals surface area (Å²) in [5.74, 6) is 1.87. The number of benzene rings is 2. The molecule has 214 valence electrons. The maximum Gasteiger partial charge on any atom is 2.00 e. The van der Waals surface area contributed by atoms with Gasteiger partial charge in [-0.2, -0.15) is 0 Å². The van der Waals surface area contributed by atoms with Crippen LogP contribution in [0.5, 0.6) is 0 Å². The molecule has 42 heavy (non-hydrogen) atoms. The van der Waals surface area contributed by atoms with Crippen molar-refractivity contribution in [2.45, 2.75) is 56.8 Å². The molecule has 2 aromatic carbocycles. The molecule has 4 aliphatic rings. The minimum absolute atomic E-state index is 0. The van der Waals surface area contributed by atoms with Crippen molar-refractivity contribution in [3.8, 4) is 0 Å². The number of nitrogens with one attached hydrogen (secondary N) is 3. The molecule has 1 amide bonds. The third kappa shape index (κ3) is 6.84. The van der Waals surface area contributed by atoms with Crippen LogP contribution in [0.25, 0.3) is 0 Å². The number of amides is 1. The monoisotopic (exact) mass is 601 g/mol. The number of carbonyl (C=O) groups excluding carboxylic acids is 1. The van der Waals surface area contributed by atoms with Gasteiger partial charge in [0.05, 0.1) is 17.6 Å². The van der Waals surface area contributed by atoms with Crippen LogP contribution in [0.4, 0.5) is 11.4 Å². The van der Waals surface area contributed by atoms with E-state index in [1.165, 1.54) is 19.3 Å². The van der Waals surface area contributed by atoms with Crippen molar-refractivity contribution >= 4 is 17.3 Å². The van der Waals surface area contributed by atoms with Crippen LogP contribution in [0.3, 0.4) is 0 Å². The molecule has 2 heterocycles. The zero-order valence-electron chi connectivity index (χ0n) is 23.6. The van der Waals surface area contributed by atoms with E-state index in [0.717, 1.165) is 41.5 Å². The molecule has 0 bridgehead atoms. The van der Waals surface area contributed by atoms with Crippen LogP contribution >= 0.6 is 0 Å². The van der Waals surface area contributed by atoms with E-state index in [9.17, 15) is 4.79 Å². The van der Waals surface area contributed by atoms with Gasteiger partial charge < -0.3 is 16.0 Å². The van der Waals surface area contributed by atoms with Crippen molar-refractivity contribution in [2.75, 3.05) is 10.6 Å². The molecular formula is C33H35FeN7O+2. The Morgan fingerprint density at radius 2 is 1.55 bits per heavy atom. The normalized spacial score (nSPS) is 23.0. The molecule has 3 aliphatic carbocycles. The fourth-order valence-electron chi connectivity index (χ4n) is 5.77.